The first-order valence-corrected chi connectivity index (χ1v) is 9.86. The fourth-order valence-corrected chi connectivity index (χ4v) is 3.84. The molecule has 3 rings (SSSR count). The average Bonchev–Trinajstić information content (AvgIpc) is 2.68. The molecule has 154 valence electrons. The lowest BCUT2D eigenvalue weighted by Gasteiger charge is -2.33. The number of rotatable bonds is 3. The van der Waals surface area contributed by atoms with Crippen molar-refractivity contribution in [2.45, 2.75) is 57.2 Å². The Balaban J connectivity index is 1.45. The first-order valence-electron chi connectivity index (χ1n) is 9.86. The van der Waals surface area contributed by atoms with Gasteiger partial charge in [-0.2, -0.15) is 13.2 Å². The highest BCUT2D eigenvalue weighted by molar-refractivity contribution is 5.92. The molecular formula is C20H26F3N3O2. The summed E-state index contributed by atoms with van der Waals surface area (Å²) in [6.45, 7) is 1.01. The number of carbonyl (C=O) groups is 2. The first kappa shape index (κ1) is 20.5. The summed E-state index contributed by atoms with van der Waals surface area (Å²) in [6.07, 6.45) is 2.28. The van der Waals surface area contributed by atoms with Crippen LogP contribution in [0.1, 0.15) is 50.5 Å². The maximum Gasteiger partial charge on any atom is 0.416 e. The molecule has 0 unspecified atom stereocenters. The lowest BCUT2D eigenvalue weighted by molar-refractivity contribution is -0.137. The second-order valence-electron chi connectivity index (χ2n) is 7.61. The molecule has 1 aliphatic carbocycles. The minimum absolute atomic E-state index is 0.0616. The van der Waals surface area contributed by atoms with E-state index in [4.69, 9.17) is 0 Å². The summed E-state index contributed by atoms with van der Waals surface area (Å²) in [5, 5.41) is 5.76. The molecule has 1 saturated carbocycles. The molecule has 1 aliphatic heterocycles. The molecule has 0 aromatic heterocycles. The Morgan fingerprint density at radius 1 is 0.929 bits per heavy atom. The number of nitrogens with one attached hydrogen (secondary N) is 2. The van der Waals surface area contributed by atoms with Crippen LogP contribution in [0.15, 0.2) is 24.3 Å². The van der Waals surface area contributed by atoms with Crippen LogP contribution in [0.4, 0.5) is 23.7 Å². The fraction of sp³-hybridized carbons (Fsp3) is 0.600. The molecule has 8 heteroatoms. The summed E-state index contributed by atoms with van der Waals surface area (Å²) >= 11 is 0. The molecule has 1 aromatic carbocycles. The normalized spacial score (nSPS) is 19.3. The molecule has 28 heavy (non-hydrogen) atoms. The van der Waals surface area contributed by atoms with Gasteiger partial charge in [-0.15, -0.1) is 0 Å². The molecule has 0 spiro atoms. The number of anilines is 1. The van der Waals surface area contributed by atoms with Crippen LogP contribution >= 0.6 is 0 Å². The van der Waals surface area contributed by atoms with Crippen molar-refractivity contribution in [3.05, 3.63) is 29.8 Å². The van der Waals surface area contributed by atoms with Crippen molar-refractivity contribution in [1.82, 2.24) is 10.2 Å². The summed E-state index contributed by atoms with van der Waals surface area (Å²) in [6, 6.07) is 4.61. The zero-order valence-electron chi connectivity index (χ0n) is 15.7. The molecule has 2 N–H and O–H groups in total. The highest BCUT2D eigenvalue weighted by atomic mass is 19.4. The van der Waals surface area contributed by atoms with E-state index >= 15 is 0 Å². The number of benzene rings is 1. The summed E-state index contributed by atoms with van der Waals surface area (Å²) in [4.78, 5) is 26.5. The Labute approximate surface area is 162 Å². The molecule has 1 heterocycles. The molecule has 0 atom stereocenters. The molecule has 2 aliphatic rings. The second kappa shape index (κ2) is 8.84. The van der Waals surface area contributed by atoms with Crippen LogP contribution < -0.4 is 10.6 Å². The SMILES string of the molecule is O=C(Nc1ccc(C(F)(F)F)cc1)C1CCN(C(=O)NC2CCCCC2)CC1. The highest BCUT2D eigenvalue weighted by Crippen LogP contribution is 2.30. The molecule has 0 radical (unpaired) electrons. The number of urea groups is 1. The lowest BCUT2D eigenvalue weighted by atomic mass is 9.95. The molecule has 2 fully saturated rings. The van der Waals surface area contributed by atoms with Crippen molar-refractivity contribution in [3.8, 4) is 0 Å². The van der Waals surface area contributed by atoms with Crippen molar-refractivity contribution in [3.63, 3.8) is 0 Å². The monoisotopic (exact) mass is 397 g/mol. The number of hydrogen-bond donors (Lipinski definition) is 2. The largest absolute Gasteiger partial charge is 0.416 e. The quantitative estimate of drug-likeness (QED) is 0.794. The average molecular weight is 397 g/mol. The summed E-state index contributed by atoms with van der Waals surface area (Å²) in [7, 11) is 0. The Hall–Kier alpha value is -2.25. The number of carbonyl (C=O) groups excluding carboxylic acids is 2. The van der Waals surface area contributed by atoms with Crippen molar-refractivity contribution in [1.29, 1.82) is 0 Å². The van der Waals surface area contributed by atoms with Crippen LogP contribution in [0.5, 0.6) is 0 Å². The van der Waals surface area contributed by atoms with Gasteiger partial charge in [0.25, 0.3) is 0 Å². The zero-order valence-corrected chi connectivity index (χ0v) is 15.7. The maximum atomic E-state index is 12.6. The predicted octanol–water partition coefficient (Wildman–Crippen LogP) is 4.40. The Kier molecular flexibility index (Phi) is 6.46. The topological polar surface area (TPSA) is 61.4 Å². The predicted molar refractivity (Wildman–Crippen MR) is 99.8 cm³/mol. The Morgan fingerprint density at radius 2 is 1.54 bits per heavy atom. The number of likely N-dealkylation sites (tertiary alicyclic amines) is 1. The molecule has 1 saturated heterocycles. The third-order valence-electron chi connectivity index (χ3n) is 5.57. The minimum Gasteiger partial charge on any atom is -0.335 e. The van der Waals surface area contributed by atoms with E-state index in [1.165, 1.54) is 18.6 Å². The van der Waals surface area contributed by atoms with Gasteiger partial charge in [-0.05, 0) is 49.9 Å². The van der Waals surface area contributed by atoms with Gasteiger partial charge in [0.05, 0.1) is 5.56 Å². The van der Waals surface area contributed by atoms with Crippen LogP contribution in [0.25, 0.3) is 0 Å². The van der Waals surface area contributed by atoms with E-state index in [0.29, 0.717) is 31.6 Å². The van der Waals surface area contributed by atoms with Crippen LogP contribution in [-0.4, -0.2) is 36.0 Å². The van der Waals surface area contributed by atoms with Crippen molar-refractivity contribution >= 4 is 17.6 Å². The minimum atomic E-state index is -4.40. The highest BCUT2D eigenvalue weighted by Gasteiger charge is 2.31. The van der Waals surface area contributed by atoms with Crippen molar-refractivity contribution in [2.24, 2.45) is 5.92 Å². The van der Waals surface area contributed by atoms with Crippen LogP contribution in [0.3, 0.4) is 0 Å². The summed E-state index contributed by atoms with van der Waals surface area (Å²) < 4.78 is 37.8. The summed E-state index contributed by atoms with van der Waals surface area (Å²) in [5.41, 5.74) is -0.404. The number of halogens is 3. The maximum absolute atomic E-state index is 12.6. The van der Waals surface area contributed by atoms with Gasteiger partial charge >= 0.3 is 12.2 Å². The van der Waals surface area contributed by atoms with Crippen molar-refractivity contribution < 1.29 is 22.8 Å². The van der Waals surface area contributed by atoms with E-state index in [9.17, 15) is 22.8 Å². The second-order valence-corrected chi connectivity index (χ2v) is 7.61. The van der Waals surface area contributed by atoms with E-state index in [0.717, 1.165) is 37.8 Å². The fourth-order valence-electron chi connectivity index (χ4n) is 3.84. The first-order chi connectivity index (χ1) is 13.3. The number of hydrogen-bond acceptors (Lipinski definition) is 2. The lowest BCUT2D eigenvalue weighted by Crippen LogP contribution is -2.49. The number of amides is 3. The molecule has 0 bridgehead atoms. The van der Waals surface area contributed by atoms with Crippen molar-refractivity contribution in [2.75, 3.05) is 18.4 Å². The molecule has 3 amide bonds. The number of piperidine rings is 1. The van der Waals surface area contributed by atoms with E-state index < -0.39 is 11.7 Å². The smallest absolute Gasteiger partial charge is 0.335 e. The van der Waals surface area contributed by atoms with Crippen LogP contribution in [0.2, 0.25) is 0 Å². The van der Waals surface area contributed by atoms with Crippen LogP contribution in [-0.2, 0) is 11.0 Å². The van der Waals surface area contributed by atoms with Gasteiger partial charge < -0.3 is 15.5 Å². The van der Waals surface area contributed by atoms with Gasteiger partial charge in [-0.1, -0.05) is 19.3 Å². The van der Waals surface area contributed by atoms with E-state index in [2.05, 4.69) is 10.6 Å². The van der Waals surface area contributed by atoms with Gasteiger partial charge in [0.15, 0.2) is 0 Å². The number of alkyl halides is 3. The molecule has 5 nitrogen and oxygen atoms in total. The standard InChI is InChI=1S/C20H26F3N3O2/c21-20(22,23)15-6-8-17(9-7-15)24-18(27)14-10-12-26(13-11-14)19(28)25-16-4-2-1-3-5-16/h6-9,14,16H,1-5,10-13H2,(H,24,27)(H,25,28). The van der Waals surface area contributed by atoms with E-state index in [1.54, 1.807) is 4.90 Å². The summed E-state index contributed by atoms with van der Waals surface area (Å²) in [5.74, 6) is -0.465. The van der Waals surface area contributed by atoms with Gasteiger partial charge in [-0.25, -0.2) is 4.79 Å². The third kappa shape index (κ3) is 5.39. The Bertz CT molecular complexity index is 677. The van der Waals surface area contributed by atoms with Crippen LogP contribution in [0, 0.1) is 5.92 Å². The third-order valence-corrected chi connectivity index (χ3v) is 5.57. The Morgan fingerprint density at radius 3 is 2.11 bits per heavy atom. The van der Waals surface area contributed by atoms with Gasteiger partial charge in [-0.3, -0.25) is 4.79 Å². The number of nitrogens with zero attached hydrogens (tertiary/aromatic N) is 1. The van der Waals surface area contributed by atoms with E-state index in [1.807, 2.05) is 0 Å². The van der Waals surface area contributed by atoms with Gasteiger partial charge in [0, 0.05) is 30.7 Å². The molecule has 1 aromatic rings. The van der Waals surface area contributed by atoms with Gasteiger partial charge in [0.2, 0.25) is 5.91 Å². The zero-order chi connectivity index (χ0) is 20.1. The molecular weight excluding hydrogens is 371 g/mol. The van der Waals surface area contributed by atoms with Gasteiger partial charge in [0.1, 0.15) is 0 Å². The van der Waals surface area contributed by atoms with E-state index in [-0.39, 0.29) is 23.9 Å².